The Morgan fingerprint density at radius 1 is 1.19 bits per heavy atom. The lowest BCUT2D eigenvalue weighted by Gasteiger charge is -2.60. The van der Waals surface area contributed by atoms with Crippen LogP contribution in [-0.2, 0) is 4.79 Å². The Labute approximate surface area is 191 Å². The number of carbonyl (C=O) groups is 1. The molecule has 3 saturated carbocycles. The highest BCUT2D eigenvalue weighted by molar-refractivity contribution is 5.81. The molecule has 0 unspecified atom stereocenters. The maximum atomic E-state index is 12.1. The van der Waals surface area contributed by atoms with Crippen molar-refractivity contribution in [3.8, 4) is 0 Å². The van der Waals surface area contributed by atoms with Crippen LogP contribution in [0.2, 0.25) is 0 Å². The Hall–Kier alpha value is -1.88. The van der Waals surface area contributed by atoms with Gasteiger partial charge in [0.05, 0.1) is 12.3 Å². The molecule has 4 aliphatic carbocycles. The van der Waals surface area contributed by atoms with E-state index in [0.29, 0.717) is 23.2 Å². The monoisotopic (exact) mass is 438 g/mol. The molecule has 5 heteroatoms. The molecule has 1 heterocycles. The van der Waals surface area contributed by atoms with E-state index in [2.05, 4.69) is 25.2 Å². The summed E-state index contributed by atoms with van der Waals surface area (Å²) in [6.45, 7) is 6.75. The van der Waals surface area contributed by atoms with Crippen LogP contribution in [0.4, 0.5) is 0 Å². The Kier molecular flexibility index (Phi) is 5.39. The molecule has 0 saturated heterocycles. The molecule has 0 spiro atoms. The molecule has 4 aliphatic rings. The number of carbonyl (C=O) groups excluding carboxylic acids is 1. The number of nitrogens with two attached hydrogens (primary N) is 1. The SMILES string of the molecule is C[C@H](N)C(=O)N[C@H]1CC[C@@]2(C)[C@@H](CC[C@@H]3C4=CC[C@H](c5ccc(=O)oc5)[C@]4(C)CC[C@@H]32)C1. The summed E-state index contributed by atoms with van der Waals surface area (Å²) >= 11 is 0. The fourth-order valence-corrected chi connectivity index (χ4v) is 8.12. The molecule has 3 fully saturated rings. The molecule has 174 valence electrons. The molecule has 32 heavy (non-hydrogen) atoms. The summed E-state index contributed by atoms with van der Waals surface area (Å²) in [7, 11) is 0. The van der Waals surface area contributed by atoms with Gasteiger partial charge >= 0.3 is 5.63 Å². The van der Waals surface area contributed by atoms with Crippen LogP contribution in [0, 0.1) is 28.6 Å². The van der Waals surface area contributed by atoms with Gasteiger partial charge in [-0.2, -0.15) is 0 Å². The lowest BCUT2D eigenvalue weighted by molar-refractivity contribution is -0.124. The molecule has 1 amide bonds. The van der Waals surface area contributed by atoms with E-state index in [1.54, 1.807) is 24.8 Å². The second kappa shape index (κ2) is 7.86. The van der Waals surface area contributed by atoms with Gasteiger partial charge in [0, 0.05) is 12.1 Å². The second-order valence-electron chi connectivity index (χ2n) is 11.6. The third-order valence-electron chi connectivity index (χ3n) is 9.95. The fourth-order valence-electron chi connectivity index (χ4n) is 8.12. The lowest BCUT2D eigenvalue weighted by atomic mass is 9.45. The van der Waals surface area contributed by atoms with Gasteiger partial charge in [-0.1, -0.05) is 25.5 Å². The number of hydrogen-bond donors (Lipinski definition) is 2. The molecular weight excluding hydrogens is 400 g/mol. The molecule has 0 bridgehead atoms. The third-order valence-corrected chi connectivity index (χ3v) is 9.95. The van der Waals surface area contributed by atoms with Crippen LogP contribution in [0.3, 0.4) is 0 Å². The van der Waals surface area contributed by atoms with E-state index < -0.39 is 6.04 Å². The van der Waals surface area contributed by atoms with Crippen LogP contribution in [0.25, 0.3) is 0 Å². The van der Waals surface area contributed by atoms with E-state index in [1.807, 2.05) is 6.07 Å². The van der Waals surface area contributed by atoms with Crippen molar-refractivity contribution in [3.05, 3.63) is 46.0 Å². The van der Waals surface area contributed by atoms with Crippen molar-refractivity contribution >= 4 is 5.91 Å². The minimum Gasteiger partial charge on any atom is -0.431 e. The molecule has 1 aromatic heterocycles. The molecule has 3 N–H and O–H groups in total. The average Bonchev–Trinajstić information content (AvgIpc) is 3.11. The van der Waals surface area contributed by atoms with Crippen LogP contribution in [0.1, 0.15) is 83.6 Å². The van der Waals surface area contributed by atoms with Gasteiger partial charge in [0.1, 0.15) is 0 Å². The van der Waals surface area contributed by atoms with Gasteiger partial charge in [0.2, 0.25) is 5.91 Å². The molecule has 0 aromatic carbocycles. The molecule has 1 aromatic rings. The first-order valence-electron chi connectivity index (χ1n) is 12.6. The van der Waals surface area contributed by atoms with Crippen LogP contribution < -0.4 is 16.7 Å². The summed E-state index contributed by atoms with van der Waals surface area (Å²) in [6, 6.07) is 3.38. The van der Waals surface area contributed by atoms with Crippen LogP contribution in [0.15, 0.2) is 39.3 Å². The molecule has 5 rings (SSSR count). The minimum atomic E-state index is -0.435. The normalized spacial score (nSPS) is 41.6. The standard InChI is InChI=1S/C27H38N2O3/c1-16(28)25(31)29-19-10-12-26(2)18(14-19)5-6-20-22-8-7-21(17-4-9-24(30)32-15-17)27(22,3)13-11-23(20)26/h4,8-9,15-16,18-21,23H,5-7,10-14,28H2,1-3H3,(H,29,31)/t16-,18-,19-,20+,21+,23-,26-,27-/m0/s1. The van der Waals surface area contributed by atoms with Crippen molar-refractivity contribution in [2.24, 2.45) is 34.3 Å². The van der Waals surface area contributed by atoms with Crippen molar-refractivity contribution < 1.29 is 9.21 Å². The number of rotatable bonds is 3. The zero-order chi connectivity index (χ0) is 22.7. The van der Waals surface area contributed by atoms with E-state index in [1.165, 1.54) is 37.7 Å². The van der Waals surface area contributed by atoms with Crippen LogP contribution in [0.5, 0.6) is 0 Å². The van der Waals surface area contributed by atoms with Gasteiger partial charge < -0.3 is 15.5 Å². The number of nitrogens with one attached hydrogen (secondary N) is 1. The first-order chi connectivity index (χ1) is 15.2. The van der Waals surface area contributed by atoms with Crippen molar-refractivity contribution in [1.82, 2.24) is 5.32 Å². The smallest absolute Gasteiger partial charge is 0.335 e. The summed E-state index contributed by atoms with van der Waals surface area (Å²) in [4.78, 5) is 23.6. The molecule has 0 aliphatic heterocycles. The van der Waals surface area contributed by atoms with Crippen LogP contribution >= 0.6 is 0 Å². The fraction of sp³-hybridized carbons (Fsp3) is 0.704. The molecule has 0 radical (unpaired) electrons. The molecule has 5 nitrogen and oxygen atoms in total. The van der Waals surface area contributed by atoms with Gasteiger partial charge in [-0.15, -0.1) is 0 Å². The third kappa shape index (κ3) is 3.39. The highest BCUT2D eigenvalue weighted by Gasteiger charge is 2.57. The Balaban J connectivity index is 1.34. The van der Waals surface area contributed by atoms with Gasteiger partial charge in [-0.3, -0.25) is 4.79 Å². The predicted molar refractivity (Wildman–Crippen MR) is 125 cm³/mol. The minimum absolute atomic E-state index is 0.0142. The maximum absolute atomic E-state index is 12.1. The van der Waals surface area contributed by atoms with Gasteiger partial charge in [-0.05, 0) is 104 Å². The van der Waals surface area contributed by atoms with Crippen molar-refractivity contribution in [3.63, 3.8) is 0 Å². The van der Waals surface area contributed by atoms with E-state index in [0.717, 1.165) is 25.2 Å². The largest absolute Gasteiger partial charge is 0.431 e. The first kappa shape index (κ1) is 21.9. The van der Waals surface area contributed by atoms with Crippen molar-refractivity contribution in [2.45, 2.75) is 90.1 Å². The second-order valence-corrected chi connectivity index (χ2v) is 11.6. The summed E-state index contributed by atoms with van der Waals surface area (Å²) in [5.41, 5.74) is 8.89. The topological polar surface area (TPSA) is 85.3 Å². The molecule has 8 atom stereocenters. The van der Waals surface area contributed by atoms with Gasteiger partial charge in [-0.25, -0.2) is 4.79 Å². The summed E-state index contributed by atoms with van der Waals surface area (Å²) in [5, 5.41) is 3.21. The number of hydrogen-bond acceptors (Lipinski definition) is 4. The zero-order valence-electron chi connectivity index (χ0n) is 19.7. The van der Waals surface area contributed by atoms with Crippen molar-refractivity contribution in [2.75, 3.05) is 0 Å². The number of amides is 1. The maximum Gasteiger partial charge on any atom is 0.335 e. The van der Waals surface area contributed by atoms with E-state index >= 15 is 0 Å². The number of fused-ring (bicyclic) bond motifs is 5. The predicted octanol–water partition coefficient (Wildman–Crippen LogP) is 4.52. The van der Waals surface area contributed by atoms with E-state index in [4.69, 9.17) is 10.2 Å². The van der Waals surface area contributed by atoms with Gasteiger partial charge in [0.25, 0.3) is 0 Å². The average molecular weight is 439 g/mol. The number of allylic oxidation sites excluding steroid dienone is 2. The van der Waals surface area contributed by atoms with Crippen molar-refractivity contribution in [1.29, 1.82) is 0 Å². The Morgan fingerprint density at radius 3 is 2.72 bits per heavy atom. The van der Waals surface area contributed by atoms with Gasteiger partial charge in [0.15, 0.2) is 0 Å². The Bertz CT molecular complexity index is 961. The first-order valence-corrected chi connectivity index (χ1v) is 12.6. The summed E-state index contributed by atoms with van der Waals surface area (Å²) < 4.78 is 5.22. The molecular formula is C27H38N2O3. The van der Waals surface area contributed by atoms with E-state index in [-0.39, 0.29) is 23.0 Å². The summed E-state index contributed by atoms with van der Waals surface area (Å²) in [5.74, 6) is 2.49. The highest BCUT2D eigenvalue weighted by atomic mass is 16.4. The highest BCUT2D eigenvalue weighted by Crippen LogP contribution is 2.67. The quantitative estimate of drug-likeness (QED) is 0.680. The lowest BCUT2D eigenvalue weighted by Crippen LogP contribution is -2.54. The van der Waals surface area contributed by atoms with Crippen LogP contribution in [-0.4, -0.2) is 18.0 Å². The Morgan fingerprint density at radius 2 is 2.00 bits per heavy atom. The van der Waals surface area contributed by atoms with E-state index in [9.17, 15) is 9.59 Å². The summed E-state index contributed by atoms with van der Waals surface area (Å²) in [6.07, 6.45) is 13.6. The zero-order valence-corrected chi connectivity index (χ0v) is 19.7.